The van der Waals surface area contributed by atoms with Gasteiger partial charge < -0.3 is 9.55 Å². The van der Waals surface area contributed by atoms with Gasteiger partial charge in [0.1, 0.15) is 6.04 Å². The van der Waals surface area contributed by atoms with Gasteiger partial charge in [-0.05, 0) is 30.8 Å². The fourth-order valence-electron chi connectivity index (χ4n) is 2.31. The SMILES string of the molecule is O=C1CCC(n2c(=S)[nH]c3ccccc32)C(=O)N1. The second kappa shape index (κ2) is 4.06. The minimum Gasteiger partial charge on any atom is -0.331 e. The summed E-state index contributed by atoms with van der Waals surface area (Å²) in [5, 5.41) is 2.35. The number of benzene rings is 1. The molecule has 1 aromatic heterocycles. The van der Waals surface area contributed by atoms with Crippen LogP contribution in [0.1, 0.15) is 18.9 Å². The predicted octanol–water partition coefficient (Wildman–Crippen LogP) is 1.68. The van der Waals surface area contributed by atoms with Crippen LogP contribution in [0.5, 0.6) is 0 Å². The molecule has 2 N–H and O–H groups in total. The van der Waals surface area contributed by atoms with E-state index in [1.165, 1.54) is 0 Å². The lowest BCUT2D eigenvalue weighted by atomic mass is 10.1. The van der Waals surface area contributed by atoms with Gasteiger partial charge in [-0.3, -0.25) is 14.9 Å². The van der Waals surface area contributed by atoms with Crippen molar-refractivity contribution >= 4 is 35.1 Å². The van der Waals surface area contributed by atoms with Gasteiger partial charge >= 0.3 is 0 Å². The molecule has 1 aromatic carbocycles. The van der Waals surface area contributed by atoms with Gasteiger partial charge in [0.05, 0.1) is 11.0 Å². The molecule has 3 rings (SSSR count). The Morgan fingerprint density at radius 2 is 2.06 bits per heavy atom. The van der Waals surface area contributed by atoms with Crippen LogP contribution in [0.4, 0.5) is 0 Å². The Morgan fingerprint density at radius 1 is 1.28 bits per heavy atom. The molecule has 0 radical (unpaired) electrons. The Morgan fingerprint density at radius 3 is 2.83 bits per heavy atom. The van der Waals surface area contributed by atoms with E-state index in [1.807, 2.05) is 24.3 Å². The highest BCUT2D eigenvalue weighted by molar-refractivity contribution is 7.71. The molecule has 0 aliphatic carbocycles. The Kier molecular flexibility index (Phi) is 2.52. The van der Waals surface area contributed by atoms with Crippen molar-refractivity contribution in [2.24, 2.45) is 0 Å². The number of para-hydroxylation sites is 2. The van der Waals surface area contributed by atoms with Gasteiger partial charge in [0.25, 0.3) is 0 Å². The lowest BCUT2D eigenvalue weighted by molar-refractivity contribution is -0.135. The van der Waals surface area contributed by atoms with Crippen molar-refractivity contribution in [3.63, 3.8) is 0 Å². The van der Waals surface area contributed by atoms with Crippen LogP contribution in [0.2, 0.25) is 0 Å². The van der Waals surface area contributed by atoms with E-state index in [4.69, 9.17) is 12.2 Å². The third-order valence-electron chi connectivity index (χ3n) is 3.15. The van der Waals surface area contributed by atoms with Crippen LogP contribution in [-0.2, 0) is 9.59 Å². The van der Waals surface area contributed by atoms with Crippen molar-refractivity contribution in [3.8, 4) is 0 Å². The summed E-state index contributed by atoms with van der Waals surface area (Å²) in [6.07, 6.45) is 0.832. The van der Waals surface area contributed by atoms with Gasteiger partial charge in [0, 0.05) is 6.42 Å². The van der Waals surface area contributed by atoms with Crippen LogP contribution in [-0.4, -0.2) is 21.4 Å². The summed E-state index contributed by atoms with van der Waals surface area (Å²) in [5.41, 5.74) is 1.78. The standard InChI is InChI=1S/C12H11N3O2S/c16-10-6-5-9(11(17)14-10)15-8-4-2-1-3-7(8)13-12(15)18/h1-4,9H,5-6H2,(H,13,18)(H,14,16,17). The summed E-state index contributed by atoms with van der Waals surface area (Å²) in [6.45, 7) is 0. The number of hydrogen-bond donors (Lipinski definition) is 2. The van der Waals surface area contributed by atoms with Gasteiger partial charge in [-0.25, -0.2) is 0 Å². The molecule has 0 spiro atoms. The second-order valence-electron chi connectivity index (χ2n) is 4.28. The maximum absolute atomic E-state index is 11.9. The van der Waals surface area contributed by atoms with Crippen molar-refractivity contribution in [2.45, 2.75) is 18.9 Å². The van der Waals surface area contributed by atoms with E-state index < -0.39 is 6.04 Å². The molecular formula is C12H11N3O2S. The first-order chi connectivity index (χ1) is 8.66. The van der Waals surface area contributed by atoms with Crippen LogP contribution < -0.4 is 5.32 Å². The van der Waals surface area contributed by atoms with Crippen LogP contribution >= 0.6 is 12.2 Å². The van der Waals surface area contributed by atoms with Crippen molar-refractivity contribution < 1.29 is 9.59 Å². The highest BCUT2D eigenvalue weighted by Crippen LogP contribution is 2.24. The summed E-state index contributed by atoms with van der Waals surface area (Å²) in [4.78, 5) is 26.1. The Balaban J connectivity index is 2.14. The first-order valence-electron chi connectivity index (χ1n) is 5.70. The summed E-state index contributed by atoms with van der Waals surface area (Å²) in [5.74, 6) is -0.505. The molecule has 2 heterocycles. The third-order valence-corrected chi connectivity index (χ3v) is 3.44. The van der Waals surface area contributed by atoms with Crippen molar-refractivity contribution in [3.05, 3.63) is 29.0 Å². The molecule has 1 saturated heterocycles. The number of piperidine rings is 1. The number of nitrogens with one attached hydrogen (secondary N) is 2. The number of aromatic nitrogens is 2. The number of aromatic amines is 1. The minimum atomic E-state index is -0.411. The molecule has 6 heteroatoms. The minimum absolute atomic E-state index is 0.220. The molecule has 0 bridgehead atoms. The fraction of sp³-hybridized carbons (Fsp3) is 0.250. The molecule has 1 aliphatic heterocycles. The summed E-state index contributed by atoms with van der Waals surface area (Å²) < 4.78 is 2.29. The quantitative estimate of drug-likeness (QED) is 0.606. The predicted molar refractivity (Wildman–Crippen MR) is 68.5 cm³/mol. The molecular weight excluding hydrogens is 250 g/mol. The van der Waals surface area contributed by atoms with E-state index >= 15 is 0 Å². The fourth-order valence-corrected chi connectivity index (χ4v) is 2.65. The summed E-state index contributed by atoms with van der Waals surface area (Å²) >= 11 is 5.26. The summed E-state index contributed by atoms with van der Waals surface area (Å²) in [6, 6.07) is 7.21. The lowest BCUT2D eigenvalue weighted by Crippen LogP contribution is -2.41. The molecule has 18 heavy (non-hydrogen) atoms. The number of imidazole rings is 1. The molecule has 1 fully saturated rings. The first-order valence-corrected chi connectivity index (χ1v) is 6.10. The molecule has 5 nitrogen and oxygen atoms in total. The number of rotatable bonds is 1. The Hall–Kier alpha value is -1.95. The van der Waals surface area contributed by atoms with E-state index in [9.17, 15) is 9.59 Å². The second-order valence-corrected chi connectivity index (χ2v) is 4.67. The smallest absolute Gasteiger partial charge is 0.249 e. The van der Waals surface area contributed by atoms with E-state index in [2.05, 4.69) is 10.3 Å². The van der Waals surface area contributed by atoms with Gasteiger partial charge in [-0.15, -0.1) is 0 Å². The Labute approximate surface area is 108 Å². The van der Waals surface area contributed by atoms with Gasteiger partial charge in [0.2, 0.25) is 11.8 Å². The number of fused-ring (bicyclic) bond motifs is 1. The molecule has 2 amide bonds. The monoisotopic (exact) mass is 261 g/mol. The van der Waals surface area contributed by atoms with Gasteiger partial charge in [-0.1, -0.05) is 12.1 Å². The number of hydrogen-bond acceptors (Lipinski definition) is 3. The largest absolute Gasteiger partial charge is 0.331 e. The highest BCUT2D eigenvalue weighted by atomic mass is 32.1. The molecule has 1 aliphatic rings. The maximum atomic E-state index is 11.9. The van der Waals surface area contributed by atoms with Crippen molar-refractivity contribution in [1.82, 2.24) is 14.9 Å². The number of imide groups is 1. The average Bonchev–Trinajstić information content (AvgIpc) is 2.66. The third kappa shape index (κ3) is 1.65. The normalized spacial score (nSPS) is 20.1. The highest BCUT2D eigenvalue weighted by Gasteiger charge is 2.29. The molecule has 92 valence electrons. The summed E-state index contributed by atoms with van der Waals surface area (Å²) in [7, 11) is 0. The molecule has 0 saturated carbocycles. The number of amides is 2. The van der Waals surface area contributed by atoms with E-state index in [1.54, 1.807) is 4.57 Å². The Bertz CT molecular complexity index is 701. The molecule has 1 unspecified atom stereocenters. The van der Waals surface area contributed by atoms with Crippen molar-refractivity contribution in [1.29, 1.82) is 0 Å². The van der Waals surface area contributed by atoms with Gasteiger partial charge in [-0.2, -0.15) is 0 Å². The average molecular weight is 261 g/mol. The maximum Gasteiger partial charge on any atom is 0.249 e. The zero-order chi connectivity index (χ0) is 12.7. The topological polar surface area (TPSA) is 66.9 Å². The van der Waals surface area contributed by atoms with Crippen LogP contribution in [0.25, 0.3) is 11.0 Å². The lowest BCUT2D eigenvalue weighted by Gasteiger charge is -2.22. The van der Waals surface area contributed by atoms with Crippen LogP contribution in [0.15, 0.2) is 24.3 Å². The van der Waals surface area contributed by atoms with Gasteiger partial charge in [0.15, 0.2) is 4.77 Å². The van der Waals surface area contributed by atoms with E-state index in [-0.39, 0.29) is 11.8 Å². The van der Waals surface area contributed by atoms with Crippen molar-refractivity contribution in [2.75, 3.05) is 0 Å². The number of carbonyl (C=O) groups is 2. The molecule has 1 atom stereocenters. The number of carbonyl (C=O) groups excluding carboxylic acids is 2. The number of H-pyrrole nitrogens is 1. The van der Waals surface area contributed by atoms with E-state index in [0.717, 1.165) is 11.0 Å². The zero-order valence-corrected chi connectivity index (χ0v) is 10.3. The van der Waals surface area contributed by atoms with E-state index in [0.29, 0.717) is 17.6 Å². The molecule has 2 aromatic rings. The first kappa shape index (κ1) is 11.2. The number of nitrogens with zero attached hydrogens (tertiary/aromatic N) is 1. The zero-order valence-electron chi connectivity index (χ0n) is 9.47. The van der Waals surface area contributed by atoms with Crippen LogP contribution in [0, 0.1) is 4.77 Å². The van der Waals surface area contributed by atoms with Crippen LogP contribution in [0.3, 0.4) is 0 Å².